The number of fused-ring (bicyclic) bond motifs is 1. The summed E-state index contributed by atoms with van der Waals surface area (Å²) < 4.78 is 6.37. The smallest absolute Gasteiger partial charge is 0.125 e. The van der Waals surface area contributed by atoms with Gasteiger partial charge in [-0.1, -0.05) is 28.1 Å². The average molecular weight is 310 g/mol. The second kappa shape index (κ2) is 5.69. The van der Waals surface area contributed by atoms with Crippen molar-refractivity contribution in [1.82, 2.24) is 5.32 Å². The fourth-order valence-corrected chi connectivity index (χ4v) is 2.50. The Morgan fingerprint density at radius 2 is 2.11 bits per heavy atom. The summed E-state index contributed by atoms with van der Waals surface area (Å²) in [5, 5.41) is 15.3. The van der Waals surface area contributed by atoms with Crippen LogP contribution in [0.3, 0.4) is 0 Å². The highest BCUT2D eigenvalue weighted by Crippen LogP contribution is 2.34. The molecule has 18 heavy (non-hydrogen) atoms. The van der Waals surface area contributed by atoms with Gasteiger partial charge in [-0.2, -0.15) is 0 Å². The summed E-state index contributed by atoms with van der Waals surface area (Å²) in [4.78, 5) is 0. The van der Waals surface area contributed by atoms with Crippen LogP contribution in [0, 0.1) is 0 Å². The first kappa shape index (κ1) is 13.3. The van der Waals surface area contributed by atoms with Crippen molar-refractivity contribution in [3.63, 3.8) is 0 Å². The summed E-state index contributed by atoms with van der Waals surface area (Å²) in [6, 6.07) is 9.88. The van der Waals surface area contributed by atoms with E-state index in [9.17, 15) is 5.11 Å². The lowest BCUT2D eigenvalue weighted by atomic mass is 9.99. The van der Waals surface area contributed by atoms with Gasteiger partial charge < -0.3 is 15.2 Å². The zero-order valence-electron chi connectivity index (χ0n) is 10.4. The molecule has 0 aromatic heterocycles. The molecule has 0 heterocycles. The topological polar surface area (TPSA) is 41.5 Å². The molecule has 3 nitrogen and oxygen atoms in total. The second-order valence-corrected chi connectivity index (χ2v) is 5.04. The van der Waals surface area contributed by atoms with Crippen molar-refractivity contribution >= 4 is 26.7 Å². The maximum Gasteiger partial charge on any atom is 0.125 e. The minimum absolute atomic E-state index is 0.492. The Bertz CT molecular complexity index is 557. The predicted octanol–water partition coefficient (Wildman–Crippen LogP) is 2.86. The lowest BCUT2D eigenvalue weighted by Gasteiger charge is -2.17. The number of aliphatic hydroxyl groups is 1. The molecular formula is C14H16BrNO2. The van der Waals surface area contributed by atoms with Gasteiger partial charge in [-0.25, -0.2) is 0 Å². The maximum atomic E-state index is 10.2. The molecule has 0 fully saturated rings. The molecule has 0 bridgehead atoms. The normalized spacial score (nSPS) is 12.7. The molecule has 0 amide bonds. The SMILES string of the molecule is CNCC(O)c1c(OC)ccc2cc(Br)ccc12. The van der Waals surface area contributed by atoms with Gasteiger partial charge in [0.15, 0.2) is 0 Å². The van der Waals surface area contributed by atoms with Gasteiger partial charge in [-0.15, -0.1) is 0 Å². The van der Waals surface area contributed by atoms with Gasteiger partial charge in [0.1, 0.15) is 5.75 Å². The molecule has 0 spiro atoms. The molecule has 0 aliphatic carbocycles. The Hall–Kier alpha value is -1.10. The third kappa shape index (κ3) is 2.51. The molecule has 0 aliphatic heterocycles. The quantitative estimate of drug-likeness (QED) is 0.912. The van der Waals surface area contributed by atoms with Crippen molar-refractivity contribution in [3.05, 3.63) is 40.4 Å². The Morgan fingerprint density at radius 1 is 1.33 bits per heavy atom. The fourth-order valence-electron chi connectivity index (χ4n) is 2.12. The minimum Gasteiger partial charge on any atom is -0.496 e. The van der Waals surface area contributed by atoms with E-state index >= 15 is 0 Å². The van der Waals surface area contributed by atoms with E-state index in [0.29, 0.717) is 12.3 Å². The third-order valence-electron chi connectivity index (χ3n) is 2.93. The van der Waals surface area contributed by atoms with Gasteiger partial charge in [0.2, 0.25) is 0 Å². The van der Waals surface area contributed by atoms with E-state index in [0.717, 1.165) is 20.8 Å². The predicted molar refractivity (Wildman–Crippen MR) is 77.1 cm³/mol. The summed E-state index contributed by atoms with van der Waals surface area (Å²) in [6.45, 7) is 0.492. The van der Waals surface area contributed by atoms with Gasteiger partial charge in [-0.05, 0) is 36.0 Å². The molecule has 2 N–H and O–H groups in total. The van der Waals surface area contributed by atoms with Gasteiger partial charge in [0.05, 0.1) is 13.2 Å². The van der Waals surface area contributed by atoms with Gasteiger partial charge in [0, 0.05) is 16.6 Å². The van der Waals surface area contributed by atoms with E-state index in [-0.39, 0.29) is 0 Å². The largest absolute Gasteiger partial charge is 0.496 e. The van der Waals surface area contributed by atoms with Gasteiger partial charge in [0.25, 0.3) is 0 Å². The number of likely N-dealkylation sites (N-methyl/N-ethyl adjacent to an activating group) is 1. The van der Waals surface area contributed by atoms with Crippen LogP contribution in [-0.2, 0) is 0 Å². The van der Waals surface area contributed by atoms with Crippen LogP contribution in [0.2, 0.25) is 0 Å². The van der Waals surface area contributed by atoms with Crippen LogP contribution in [0.1, 0.15) is 11.7 Å². The molecule has 2 rings (SSSR count). The highest BCUT2D eigenvalue weighted by Gasteiger charge is 2.16. The molecule has 0 radical (unpaired) electrons. The van der Waals surface area contributed by atoms with E-state index in [1.165, 1.54) is 0 Å². The molecule has 2 aromatic carbocycles. The standard InChI is InChI=1S/C14H16BrNO2/c1-16-8-12(17)14-11-5-4-10(15)7-9(11)3-6-13(14)18-2/h3-7,12,16-17H,8H2,1-2H3. The Balaban J connectivity index is 2.65. The van der Waals surface area contributed by atoms with Crippen LogP contribution in [0.15, 0.2) is 34.8 Å². The molecule has 1 atom stereocenters. The van der Waals surface area contributed by atoms with Crippen LogP contribution in [0.5, 0.6) is 5.75 Å². The zero-order valence-corrected chi connectivity index (χ0v) is 12.0. The number of methoxy groups -OCH3 is 1. The van der Waals surface area contributed by atoms with E-state index < -0.39 is 6.10 Å². The van der Waals surface area contributed by atoms with Crippen molar-refractivity contribution in [2.45, 2.75) is 6.10 Å². The molecule has 0 saturated carbocycles. The molecular weight excluding hydrogens is 294 g/mol. The first-order valence-corrected chi connectivity index (χ1v) is 6.55. The van der Waals surface area contributed by atoms with Crippen molar-refractivity contribution in [2.24, 2.45) is 0 Å². The van der Waals surface area contributed by atoms with Crippen LogP contribution >= 0.6 is 15.9 Å². The maximum absolute atomic E-state index is 10.2. The molecule has 0 saturated heterocycles. The number of hydrogen-bond acceptors (Lipinski definition) is 3. The van der Waals surface area contributed by atoms with Crippen LogP contribution in [-0.4, -0.2) is 25.8 Å². The van der Waals surface area contributed by atoms with Crippen molar-refractivity contribution < 1.29 is 9.84 Å². The first-order chi connectivity index (χ1) is 8.67. The van der Waals surface area contributed by atoms with E-state index in [1.807, 2.05) is 37.4 Å². The first-order valence-electron chi connectivity index (χ1n) is 5.76. The number of benzene rings is 2. The summed E-state index contributed by atoms with van der Waals surface area (Å²) in [7, 11) is 3.44. The summed E-state index contributed by atoms with van der Waals surface area (Å²) in [5.41, 5.74) is 0.830. The van der Waals surface area contributed by atoms with Gasteiger partial charge >= 0.3 is 0 Å². The van der Waals surface area contributed by atoms with Crippen molar-refractivity contribution in [3.8, 4) is 5.75 Å². The lowest BCUT2D eigenvalue weighted by Crippen LogP contribution is -2.17. The van der Waals surface area contributed by atoms with E-state index in [1.54, 1.807) is 7.11 Å². The zero-order chi connectivity index (χ0) is 13.1. The van der Waals surface area contributed by atoms with Crippen molar-refractivity contribution in [2.75, 3.05) is 20.7 Å². The van der Waals surface area contributed by atoms with Crippen LogP contribution < -0.4 is 10.1 Å². The molecule has 2 aromatic rings. The van der Waals surface area contributed by atoms with E-state index in [2.05, 4.69) is 21.2 Å². The second-order valence-electron chi connectivity index (χ2n) is 4.12. The number of hydrogen-bond donors (Lipinski definition) is 2. The van der Waals surface area contributed by atoms with Crippen LogP contribution in [0.4, 0.5) is 0 Å². The Kier molecular flexibility index (Phi) is 4.22. The minimum atomic E-state index is -0.588. The van der Waals surface area contributed by atoms with Crippen LogP contribution in [0.25, 0.3) is 10.8 Å². The number of aliphatic hydroxyl groups excluding tert-OH is 1. The Labute approximate surface area is 115 Å². The molecule has 1 unspecified atom stereocenters. The summed E-state index contributed by atoms with van der Waals surface area (Å²) in [6.07, 6.45) is -0.588. The number of ether oxygens (including phenoxy) is 1. The summed E-state index contributed by atoms with van der Waals surface area (Å²) >= 11 is 3.45. The van der Waals surface area contributed by atoms with E-state index in [4.69, 9.17) is 4.74 Å². The average Bonchev–Trinajstić information content (AvgIpc) is 2.37. The number of rotatable bonds is 4. The molecule has 4 heteroatoms. The van der Waals surface area contributed by atoms with Crippen molar-refractivity contribution in [1.29, 1.82) is 0 Å². The molecule has 0 aliphatic rings. The Morgan fingerprint density at radius 3 is 2.78 bits per heavy atom. The highest BCUT2D eigenvalue weighted by molar-refractivity contribution is 9.10. The number of nitrogens with one attached hydrogen (secondary N) is 1. The highest BCUT2D eigenvalue weighted by atomic mass is 79.9. The third-order valence-corrected chi connectivity index (χ3v) is 3.43. The lowest BCUT2D eigenvalue weighted by molar-refractivity contribution is 0.175. The number of halogens is 1. The summed E-state index contributed by atoms with van der Waals surface area (Å²) in [5.74, 6) is 0.715. The van der Waals surface area contributed by atoms with Gasteiger partial charge in [-0.3, -0.25) is 0 Å². The monoisotopic (exact) mass is 309 g/mol. The fraction of sp³-hybridized carbons (Fsp3) is 0.286. The molecule has 96 valence electrons.